The van der Waals surface area contributed by atoms with Gasteiger partial charge in [-0.15, -0.1) is 0 Å². The number of hydrogen-bond donors (Lipinski definition) is 1. The molecule has 6 heteroatoms. The van der Waals surface area contributed by atoms with E-state index in [2.05, 4.69) is 15.3 Å². The molecule has 1 saturated heterocycles. The number of amides is 2. The Hall–Kier alpha value is -2.47. The first kappa shape index (κ1) is 16.4. The summed E-state index contributed by atoms with van der Waals surface area (Å²) in [7, 11) is 0. The highest BCUT2D eigenvalue weighted by molar-refractivity contribution is 5.89. The summed E-state index contributed by atoms with van der Waals surface area (Å²) in [6, 6.07) is 9.32. The summed E-state index contributed by atoms with van der Waals surface area (Å²) in [5, 5.41) is 2.93. The largest absolute Gasteiger partial charge is 0.372 e. The first-order valence-electron chi connectivity index (χ1n) is 8.13. The Morgan fingerprint density at radius 3 is 2.46 bits per heavy atom. The minimum absolute atomic E-state index is 0.0559. The van der Waals surface area contributed by atoms with E-state index in [4.69, 9.17) is 4.74 Å². The Morgan fingerprint density at radius 2 is 1.83 bits per heavy atom. The van der Waals surface area contributed by atoms with E-state index in [1.165, 1.54) is 0 Å². The number of morpholine rings is 1. The fraction of sp³-hybridized carbons (Fsp3) is 0.389. The molecule has 1 aliphatic heterocycles. The van der Waals surface area contributed by atoms with E-state index in [9.17, 15) is 4.79 Å². The second kappa shape index (κ2) is 6.97. The summed E-state index contributed by atoms with van der Waals surface area (Å²) in [6.45, 7) is 7.10. The lowest BCUT2D eigenvalue weighted by molar-refractivity contribution is -0.0530. The number of nitrogens with zero attached hydrogens (tertiary/aromatic N) is 3. The van der Waals surface area contributed by atoms with Gasteiger partial charge >= 0.3 is 6.03 Å². The van der Waals surface area contributed by atoms with Gasteiger partial charge in [0.05, 0.1) is 12.2 Å². The van der Waals surface area contributed by atoms with Crippen LogP contribution in [-0.4, -0.2) is 46.2 Å². The number of rotatable bonds is 2. The van der Waals surface area contributed by atoms with Crippen LogP contribution in [0.4, 0.5) is 10.5 Å². The zero-order chi connectivity index (χ0) is 17.1. The molecule has 1 aromatic carbocycles. The second-order valence-electron chi connectivity index (χ2n) is 6.19. The Bertz CT molecular complexity index is 707. The summed E-state index contributed by atoms with van der Waals surface area (Å²) < 4.78 is 5.66. The van der Waals surface area contributed by atoms with Crippen LogP contribution in [0.1, 0.15) is 19.5 Å². The third kappa shape index (κ3) is 3.89. The number of hydrogen-bond acceptors (Lipinski definition) is 4. The van der Waals surface area contributed by atoms with Gasteiger partial charge in [-0.3, -0.25) is 0 Å². The molecule has 2 aromatic rings. The van der Waals surface area contributed by atoms with E-state index in [0.717, 1.165) is 16.9 Å². The molecule has 126 valence electrons. The van der Waals surface area contributed by atoms with E-state index in [1.54, 1.807) is 11.1 Å². The molecule has 6 nitrogen and oxygen atoms in total. The maximum Gasteiger partial charge on any atom is 0.322 e. The average Bonchev–Trinajstić information content (AvgIpc) is 2.54. The summed E-state index contributed by atoms with van der Waals surface area (Å²) in [5.74, 6) is 0.684. The highest BCUT2D eigenvalue weighted by atomic mass is 16.5. The number of benzene rings is 1. The molecule has 0 radical (unpaired) electrons. The van der Waals surface area contributed by atoms with Gasteiger partial charge in [-0.1, -0.05) is 0 Å². The molecule has 0 saturated carbocycles. The van der Waals surface area contributed by atoms with Gasteiger partial charge in [0.25, 0.3) is 0 Å². The van der Waals surface area contributed by atoms with Gasteiger partial charge in [0.2, 0.25) is 0 Å². The standard InChI is InChI=1S/C18H22N4O2/c1-12-8-9-19-17(20-12)15-4-6-16(7-5-15)21-18(23)22-10-13(2)24-14(3)11-22/h4-9,13-14H,10-11H2,1-3H3,(H,21,23)/t13-,14-/m0/s1. The Kier molecular flexibility index (Phi) is 4.76. The molecular formula is C18H22N4O2. The van der Waals surface area contributed by atoms with E-state index >= 15 is 0 Å². The number of nitrogens with one attached hydrogen (secondary N) is 1. The number of urea groups is 1. The molecule has 3 rings (SSSR count). The van der Waals surface area contributed by atoms with Gasteiger partial charge in [0, 0.05) is 36.2 Å². The zero-order valence-electron chi connectivity index (χ0n) is 14.2. The van der Waals surface area contributed by atoms with Gasteiger partial charge in [0.1, 0.15) is 0 Å². The summed E-state index contributed by atoms with van der Waals surface area (Å²) >= 11 is 0. The van der Waals surface area contributed by atoms with Crippen LogP contribution in [0.2, 0.25) is 0 Å². The van der Waals surface area contributed by atoms with E-state index in [0.29, 0.717) is 18.9 Å². The van der Waals surface area contributed by atoms with Crippen LogP contribution in [0.15, 0.2) is 36.5 Å². The molecule has 2 atom stereocenters. The fourth-order valence-electron chi connectivity index (χ4n) is 2.84. The van der Waals surface area contributed by atoms with Crippen LogP contribution in [0.5, 0.6) is 0 Å². The lowest BCUT2D eigenvalue weighted by Crippen LogP contribution is -2.49. The lowest BCUT2D eigenvalue weighted by atomic mass is 10.2. The van der Waals surface area contributed by atoms with E-state index in [1.807, 2.05) is 51.1 Å². The molecule has 0 spiro atoms. The number of carbonyl (C=O) groups excluding carboxylic acids is 1. The molecule has 1 aromatic heterocycles. The molecule has 0 unspecified atom stereocenters. The van der Waals surface area contributed by atoms with E-state index in [-0.39, 0.29) is 18.2 Å². The summed E-state index contributed by atoms with van der Waals surface area (Å²) in [5.41, 5.74) is 2.60. The molecular weight excluding hydrogens is 304 g/mol. The molecule has 2 heterocycles. The molecule has 0 bridgehead atoms. The Morgan fingerprint density at radius 1 is 1.17 bits per heavy atom. The third-order valence-corrected chi connectivity index (χ3v) is 3.90. The molecule has 1 aliphatic rings. The molecule has 1 fully saturated rings. The number of aromatic nitrogens is 2. The Balaban J connectivity index is 1.67. The van der Waals surface area contributed by atoms with E-state index < -0.39 is 0 Å². The molecule has 1 N–H and O–H groups in total. The van der Waals surface area contributed by atoms with Crippen molar-refractivity contribution in [1.82, 2.24) is 14.9 Å². The van der Waals surface area contributed by atoms with Crippen molar-refractivity contribution in [3.05, 3.63) is 42.2 Å². The van der Waals surface area contributed by atoms with Crippen LogP contribution in [0, 0.1) is 6.92 Å². The van der Waals surface area contributed by atoms with Crippen molar-refractivity contribution in [2.45, 2.75) is 33.0 Å². The van der Waals surface area contributed by atoms with Crippen LogP contribution >= 0.6 is 0 Å². The number of carbonyl (C=O) groups is 1. The topological polar surface area (TPSA) is 67.4 Å². The van der Waals surface area contributed by atoms with Crippen molar-refractivity contribution in [3.63, 3.8) is 0 Å². The van der Waals surface area contributed by atoms with Crippen molar-refractivity contribution < 1.29 is 9.53 Å². The van der Waals surface area contributed by atoms with Gasteiger partial charge in [0.15, 0.2) is 5.82 Å². The predicted molar refractivity (Wildman–Crippen MR) is 92.8 cm³/mol. The summed E-state index contributed by atoms with van der Waals surface area (Å²) in [4.78, 5) is 22.9. The normalized spacial score (nSPS) is 20.7. The molecule has 2 amide bonds. The minimum Gasteiger partial charge on any atom is -0.372 e. The molecule has 24 heavy (non-hydrogen) atoms. The maximum absolute atomic E-state index is 12.4. The van der Waals surface area contributed by atoms with Crippen LogP contribution in [-0.2, 0) is 4.74 Å². The smallest absolute Gasteiger partial charge is 0.322 e. The lowest BCUT2D eigenvalue weighted by Gasteiger charge is -2.35. The van der Waals surface area contributed by atoms with Crippen LogP contribution in [0.25, 0.3) is 11.4 Å². The fourth-order valence-corrected chi connectivity index (χ4v) is 2.84. The van der Waals surface area contributed by atoms with Gasteiger partial charge in [-0.05, 0) is 51.1 Å². The second-order valence-corrected chi connectivity index (χ2v) is 6.19. The maximum atomic E-state index is 12.4. The van der Waals surface area contributed by atoms with Crippen LogP contribution in [0.3, 0.4) is 0 Å². The van der Waals surface area contributed by atoms with Gasteiger partial charge in [-0.2, -0.15) is 0 Å². The molecule has 0 aliphatic carbocycles. The van der Waals surface area contributed by atoms with Crippen molar-refractivity contribution in [1.29, 1.82) is 0 Å². The van der Waals surface area contributed by atoms with Crippen LogP contribution < -0.4 is 5.32 Å². The minimum atomic E-state index is -0.100. The third-order valence-electron chi connectivity index (χ3n) is 3.90. The number of anilines is 1. The van der Waals surface area contributed by atoms with Crippen molar-refractivity contribution in [2.75, 3.05) is 18.4 Å². The number of ether oxygens (including phenoxy) is 1. The highest BCUT2D eigenvalue weighted by Crippen LogP contribution is 2.19. The highest BCUT2D eigenvalue weighted by Gasteiger charge is 2.25. The first-order chi connectivity index (χ1) is 11.5. The monoisotopic (exact) mass is 326 g/mol. The zero-order valence-corrected chi connectivity index (χ0v) is 14.2. The van der Waals surface area contributed by atoms with Gasteiger partial charge < -0.3 is 15.0 Å². The quantitative estimate of drug-likeness (QED) is 0.921. The Labute approximate surface area is 141 Å². The number of aryl methyl sites for hydroxylation is 1. The average molecular weight is 326 g/mol. The van der Waals surface area contributed by atoms with Crippen molar-refractivity contribution >= 4 is 11.7 Å². The predicted octanol–water partition coefficient (Wildman–Crippen LogP) is 3.09. The van der Waals surface area contributed by atoms with Crippen molar-refractivity contribution in [3.8, 4) is 11.4 Å². The summed E-state index contributed by atoms with van der Waals surface area (Å²) in [6.07, 6.45) is 1.86. The van der Waals surface area contributed by atoms with Crippen molar-refractivity contribution in [2.24, 2.45) is 0 Å². The van der Waals surface area contributed by atoms with Gasteiger partial charge in [-0.25, -0.2) is 14.8 Å². The SMILES string of the molecule is Cc1ccnc(-c2ccc(NC(=O)N3C[C@H](C)O[C@@H](C)C3)cc2)n1. The first-order valence-corrected chi connectivity index (χ1v) is 8.13.